The van der Waals surface area contributed by atoms with Crippen LogP contribution in [0.2, 0.25) is 0 Å². The van der Waals surface area contributed by atoms with E-state index in [0.29, 0.717) is 26.0 Å². The van der Waals surface area contributed by atoms with Gasteiger partial charge in [-0.05, 0) is 13.8 Å². The van der Waals surface area contributed by atoms with E-state index in [-0.39, 0.29) is 38.1 Å². The van der Waals surface area contributed by atoms with Gasteiger partial charge in [0.15, 0.2) is 0 Å². The third kappa shape index (κ3) is 7.20. The van der Waals surface area contributed by atoms with Crippen LogP contribution in [0, 0.1) is 0 Å². The molecule has 2 aliphatic heterocycles. The molecule has 10 nitrogen and oxygen atoms in total. The van der Waals surface area contributed by atoms with Gasteiger partial charge >= 0.3 is 18.4 Å². The molecule has 12 heteroatoms. The van der Waals surface area contributed by atoms with Crippen molar-refractivity contribution in [3.63, 3.8) is 0 Å². The predicted molar refractivity (Wildman–Crippen MR) is 111 cm³/mol. The van der Waals surface area contributed by atoms with Gasteiger partial charge in [0.25, 0.3) is 0 Å². The van der Waals surface area contributed by atoms with Crippen molar-refractivity contribution in [1.29, 1.82) is 0 Å². The Morgan fingerprint density at radius 2 is 2.28 bits per heavy atom. The van der Waals surface area contributed by atoms with Gasteiger partial charge in [0.05, 0.1) is 31.1 Å². The number of carbonyl (C=O) groups is 3. The number of halogens is 2. The number of esters is 1. The summed E-state index contributed by atoms with van der Waals surface area (Å²) in [5, 5.41) is 3.38. The third-order valence-corrected chi connectivity index (χ3v) is 3.75. The van der Waals surface area contributed by atoms with Crippen LogP contribution >= 0.6 is 24.0 Å². The molecule has 3 amide bonds. The average molecular weight is 525 g/mol. The summed E-state index contributed by atoms with van der Waals surface area (Å²) >= 11 is 0. The summed E-state index contributed by atoms with van der Waals surface area (Å²) in [6.07, 6.45) is 4.97. The van der Waals surface area contributed by atoms with Crippen LogP contribution in [0.4, 0.5) is 9.18 Å². The van der Waals surface area contributed by atoms with Gasteiger partial charge < -0.3 is 15.0 Å². The number of rotatable bonds is 7. The standard InChI is InChI=1S/C11H15FN2O4.C6H7N3O.HI.H2/c1-3-17-10(15)9(12)18-14-8-4-7(2)5-13(6-8)11(14)16;10-5-8-4-6-3-7-1-2-9-6;;/h4,8-9H,3,5-6H2,1-2H3;1-3,5H,4H2,(H,8,10);2*1H/t8-,9-;;;/m1.../s1. The Bertz CT molecular complexity index is 730. The second kappa shape index (κ2) is 12.3. The summed E-state index contributed by atoms with van der Waals surface area (Å²) < 4.78 is 17.9. The lowest BCUT2D eigenvalue weighted by molar-refractivity contribution is -0.223. The van der Waals surface area contributed by atoms with Crippen molar-refractivity contribution in [3.05, 3.63) is 35.9 Å². The summed E-state index contributed by atoms with van der Waals surface area (Å²) in [5.41, 5.74) is 1.77. The molecule has 1 fully saturated rings. The highest BCUT2D eigenvalue weighted by Crippen LogP contribution is 2.25. The number of nitrogens with one attached hydrogen (secondary N) is 1. The Hall–Kier alpha value is -2.35. The molecule has 0 saturated carbocycles. The topological polar surface area (TPSA) is 114 Å². The van der Waals surface area contributed by atoms with Crippen LogP contribution < -0.4 is 5.32 Å². The van der Waals surface area contributed by atoms with E-state index in [1.54, 1.807) is 25.5 Å². The zero-order valence-corrected chi connectivity index (χ0v) is 18.3. The lowest BCUT2D eigenvalue weighted by atomic mass is 10.1. The van der Waals surface area contributed by atoms with Crippen LogP contribution in [0.3, 0.4) is 0 Å². The maximum Gasteiger partial charge on any atom is 0.370 e. The van der Waals surface area contributed by atoms with Crippen LogP contribution in [0.15, 0.2) is 30.2 Å². The Labute approximate surface area is 185 Å². The van der Waals surface area contributed by atoms with Gasteiger partial charge in [0.1, 0.15) is 0 Å². The van der Waals surface area contributed by atoms with Crippen molar-refractivity contribution in [2.24, 2.45) is 0 Å². The Morgan fingerprint density at radius 3 is 2.90 bits per heavy atom. The molecule has 2 atom stereocenters. The van der Waals surface area contributed by atoms with Gasteiger partial charge in [-0.1, -0.05) is 11.6 Å². The van der Waals surface area contributed by atoms with Crippen LogP contribution in [0.25, 0.3) is 0 Å². The minimum atomic E-state index is -2.27. The summed E-state index contributed by atoms with van der Waals surface area (Å²) in [7, 11) is 0. The second-order valence-corrected chi connectivity index (χ2v) is 5.94. The zero-order chi connectivity index (χ0) is 20.5. The van der Waals surface area contributed by atoms with Gasteiger partial charge in [-0.25, -0.2) is 18.8 Å². The molecule has 2 aliphatic rings. The quantitative estimate of drug-likeness (QED) is 0.248. The lowest BCUT2D eigenvalue weighted by Gasteiger charge is -2.21. The van der Waals surface area contributed by atoms with Crippen LogP contribution in [-0.4, -0.2) is 70.4 Å². The number of urea groups is 1. The highest BCUT2D eigenvalue weighted by Gasteiger charge is 2.42. The van der Waals surface area contributed by atoms with Gasteiger partial charge in [-0.3, -0.25) is 14.8 Å². The van der Waals surface area contributed by atoms with E-state index in [9.17, 15) is 18.8 Å². The number of hydrogen-bond acceptors (Lipinski definition) is 7. The number of nitrogens with zero attached hydrogens (tertiary/aromatic N) is 4. The van der Waals surface area contributed by atoms with Crippen LogP contribution in [0.5, 0.6) is 0 Å². The first kappa shape index (κ1) is 24.7. The maximum absolute atomic E-state index is 13.4. The monoisotopic (exact) mass is 525 g/mol. The molecule has 0 spiro atoms. The van der Waals surface area contributed by atoms with E-state index in [2.05, 4.69) is 20.0 Å². The number of amides is 3. The molecule has 0 unspecified atom stereocenters. The van der Waals surface area contributed by atoms with Crippen LogP contribution in [0.1, 0.15) is 21.0 Å². The second-order valence-electron chi connectivity index (χ2n) is 5.94. The number of aromatic nitrogens is 2. The molecular formula is C17H25FIN5O5. The van der Waals surface area contributed by atoms with Gasteiger partial charge in [0.2, 0.25) is 6.41 Å². The lowest BCUT2D eigenvalue weighted by Crippen LogP contribution is -2.38. The van der Waals surface area contributed by atoms with E-state index in [1.165, 1.54) is 4.90 Å². The molecule has 1 N–H and O–H groups in total. The van der Waals surface area contributed by atoms with Crippen molar-refractivity contribution < 1.29 is 29.8 Å². The summed E-state index contributed by atoms with van der Waals surface area (Å²) in [6.45, 7) is 4.91. The Kier molecular flexibility index (Phi) is 10.4. The average Bonchev–Trinajstić information content (AvgIpc) is 2.91. The van der Waals surface area contributed by atoms with E-state index < -0.39 is 18.4 Å². The SMILES string of the molecule is CCOC(=O)[C@H](F)ON1C(=O)N2CC(C)=C[C@@H]1C2.I.O=CNCc1cnccn1.[HH]. The van der Waals surface area contributed by atoms with Crippen molar-refractivity contribution in [2.45, 2.75) is 32.8 Å². The first-order valence-corrected chi connectivity index (χ1v) is 8.61. The molecule has 1 aromatic rings. The molecule has 162 valence electrons. The van der Waals surface area contributed by atoms with Crippen molar-refractivity contribution >= 4 is 42.4 Å². The smallest absolute Gasteiger partial charge is 0.370 e. The van der Waals surface area contributed by atoms with Gasteiger partial charge in [0, 0.05) is 26.9 Å². The fourth-order valence-corrected chi connectivity index (χ4v) is 2.64. The van der Waals surface area contributed by atoms with Crippen molar-refractivity contribution in [1.82, 2.24) is 25.2 Å². The van der Waals surface area contributed by atoms with E-state index in [1.807, 2.05) is 13.0 Å². The number of hydrogen-bond donors (Lipinski definition) is 1. The number of alkyl halides is 1. The summed E-state index contributed by atoms with van der Waals surface area (Å²) in [5.74, 6) is -1.12. The fourth-order valence-electron chi connectivity index (χ4n) is 2.64. The zero-order valence-electron chi connectivity index (χ0n) is 16.0. The molecule has 0 radical (unpaired) electrons. The molecule has 0 aliphatic carbocycles. The first-order chi connectivity index (χ1) is 13.5. The van der Waals surface area contributed by atoms with E-state index in [0.717, 1.165) is 16.3 Å². The predicted octanol–water partition coefficient (Wildman–Crippen LogP) is 1.43. The Balaban J connectivity index is 0.000000604. The molecule has 1 saturated heterocycles. The van der Waals surface area contributed by atoms with E-state index in [4.69, 9.17) is 4.84 Å². The number of carbonyl (C=O) groups excluding carboxylic acids is 3. The van der Waals surface area contributed by atoms with Gasteiger partial charge in [-0.2, -0.15) is 5.06 Å². The van der Waals surface area contributed by atoms with Crippen molar-refractivity contribution in [2.75, 3.05) is 19.7 Å². The molecule has 2 bridgehead atoms. The molecule has 0 aromatic carbocycles. The molecule has 3 heterocycles. The third-order valence-electron chi connectivity index (χ3n) is 3.75. The molecule has 1 aromatic heterocycles. The minimum absolute atomic E-state index is 0. The highest BCUT2D eigenvalue weighted by atomic mass is 127. The minimum Gasteiger partial charge on any atom is -0.462 e. The fraction of sp³-hybridized carbons (Fsp3) is 0.471. The van der Waals surface area contributed by atoms with E-state index >= 15 is 0 Å². The highest BCUT2D eigenvalue weighted by molar-refractivity contribution is 14.0. The first-order valence-electron chi connectivity index (χ1n) is 8.61. The van der Waals surface area contributed by atoms with Crippen LogP contribution in [-0.2, 0) is 25.7 Å². The largest absolute Gasteiger partial charge is 0.462 e. The molecule has 3 rings (SSSR count). The van der Waals surface area contributed by atoms with Crippen molar-refractivity contribution in [3.8, 4) is 0 Å². The molecule has 29 heavy (non-hydrogen) atoms. The van der Waals surface area contributed by atoms with Gasteiger partial charge in [-0.15, -0.1) is 24.0 Å². The number of fused-ring (bicyclic) bond motifs is 2. The molecular weight excluding hydrogens is 500 g/mol. The summed E-state index contributed by atoms with van der Waals surface area (Å²) in [4.78, 5) is 46.8. The number of ether oxygens (including phenoxy) is 1. The maximum atomic E-state index is 13.4. The number of hydroxylamine groups is 2. The summed E-state index contributed by atoms with van der Waals surface area (Å²) in [6, 6.07) is -0.779. The normalized spacial score (nSPS) is 18.0. The Morgan fingerprint density at radius 1 is 1.52 bits per heavy atom.